The Hall–Kier alpha value is -2.36. The zero-order valence-electron chi connectivity index (χ0n) is 13.7. The number of hydrogen-bond donors (Lipinski definition) is 3. The van der Waals surface area contributed by atoms with Gasteiger partial charge < -0.3 is 16.4 Å². The first kappa shape index (κ1) is 17.5. The topological polar surface area (TPSA) is 93.7 Å². The summed E-state index contributed by atoms with van der Waals surface area (Å²) in [5.74, 6) is 0.598. The highest BCUT2D eigenvalue weighted by molar-refractivity contribution is 5.68. The first-order valence-corrected chi connectivity index (χ1v) is 7.98. The minimum absolute atomic E-state index is 0.0165. The van der Waals surface area contributed by atoms with Crippen molar-refractivity contribution < 1.29 is 13.2 Å². The molecule has 3 heterocycles. The number of aromatic nitrogens is 4. The summed E-state index contributed by atoms with van der Waals surface area (Å²) in [6, 6.07) is 0.0165. The number of halogens is 3. The van der Waals surface area contributed by atoms with Gasteiger partial charge in [-0.3, -0.25) is 4.68 Å². The summed E-state index contributed by atoms with van der Waals surface area (Å²) in [6.45, 7) is 2.18. The Morgan fingerprint density at radius 2 is 2.24 bits per heavy atom. The van der Waals surface area contributed by atoms with Gasteiger partial charge in [-0.2, -0.15) is 10.1 Å². The Balaban J connectivity index is 1.78. The Labute approximate surface area is 142 Å². The van der Waals surface area contributed by atoms with E-state index in [9.17, 15) is 13.2 Å². The highest BCUT2D eigenvalue weighted by Gasteiger charge is 2.23. The van der Waals surface area contributed by atoms with E-state index in [0.29, 0.717) is 36.6 Å². The highest BCUT2D eigenvalue weighted by Crippen LogP contribution is 2.26. The van der Waals surface area contributed by atoms with Crippen LogP contribution < -0.4 is 16.4 Å². The van der Waals surface area contributed by atoms with Crippen LogP contribution in [0.5, 0.6) is 0 Å². The summed E-state index contributed by atoms with van der Waals surface area (Å²) < 4.78 is 39.3. The van der Waals surface area contributed by atoms with Crippen LogP contribution in [0.3, 0.4) is 0 Å². The number of nitrogens with zero attached hydrogens (tertiary/aromatic N) is 4. The van der Waals surface area contributed by atoms with Crippen molar-refractivity contribution in [1.82, 2.24) is 25.1 Å². The van der Waals surface area contributed by atoms with Crippen molar-refractivity contribution in [1.29, 1.82) is 0 Å². The second-order valence-electron chi connectivity index (χ2n) is 6.07. The number of hydrogen-bond acceptors (Lipinski definition) is 6. The van der Waals surface area contributed by atoms with E-state index in [1.807, 2.05) is 6.92 Å². The Morgan fingerprint density at radius 3 is 2.92 bits per heavy atom. The van der Waals surface area contributed by atoms with Crippen molar-refractivity contribution in [3.8, 4) is 11.3 Å². The molecule has 136 valence electrons. The second-order valence-corrected chi connectivity index (χ2v) is 6.07. The quantitative estimate of drug-likeness (QED) is 0.729. The third kappa shape index (κ3) is 4.19. The minimum Gasteiger partial charge on any atom is -0.368 e. The van der Waals surface area contributed by atoms with Gasteiger partial charge in [0.05, 0.1) is 11.9 Å². The molecule has 1 fully saturated rings. The average molecular weight is 355 g/mol. The molecule has 25 heavy (non-hydrogen) atoms. The summed E-state index contributed by atoms with van der Waals surface area (Å²) in [5, 5.41) is 10.2. The normalized spacial score (nSPS) is 20.4. The maximum atomic E-state index is 13.2. The van der Waals surface area contributed by atoms with Gasteiger partial charge >= 0.3 is 0 Å². The standard InChI is InChI=1S/C15H20F3N7/c1-8-13(9-3-22-25(6-9)7-12(17)18)23-15(19)24-14(8)21-5-11-2-10(16)4-20-11/h3,6,10-12,20H,2,4-5,7H2,1H3,(H3,19,21,23,24)/t10-,11-/m0/s1. The molecule has 0 amide bonds. The van der Waals surface area contributed by atoms with Gasteiger partial charge in [-0.25, -0.2) is 18.2 Å². The van der Waals surface area contributed by atoms with E-state index in [-0.39, 0.29) is 12.0 Å². The summed E-state index contributed by atoms with van der Waals surface area (Å²) in [4.78, 5) is 8.38. The summed E-state index contributed by atoms with van der Waals surface area (Å²) in [5.41, 5.74) is 7.60. The van der Waals surface area contributed by atoms with Gasteiger partial charge in [0.25, 0.3) is 6.43 Å². The lowest BCUT2D eigenvalue weighted by Gasteiger charge is -2.15. The molecule has 2 aromatic rings. The monoisotopic (exact) mass is 355 g/mol. The number of alkyl halides is 3. The molecule has 0 bridgehead atoms. The number of anilines is 2. The molecule has 3 rings (SSSR count). The molecule has 2 atom stereocenters. The molecule has 1 aliphatic heterocycles. The molecular weight excluding hydrogens is 335 g/mol. The van der Waals surface area contributed by atoms with Gasteiger partial charge in [0, 0.05) is 36.5 Å². The van der Waals surface area contributed by atoms with Gasteiger partial charge in [0.2, 0.25) is 5.95 Å². The van der Waals surface area contributed by atoms with E-state index < -0.39 is 19.1 Å². The second kappa shape index (κ2) is 7.26. The fourth-order valence-corrected chi connectivity index (χ4v) is 2.86. The highest BCUT2D eigenvalue weighted by atomic mass is 19.3. The number of nitrogen functional groups attached to an aromatic ring is 1. The van der Waals surface area contributed by atoms with Crippen molar-refractivity contribution in [2.45, 2.75) is 38.5 Å². The molecule has 4 N–H and O–H groups in total. The fraction of sp³-hybridized carbons (Fsp3) is 0.533. The van der Waals surface area contributed by atoms with Crippen LogP contribution in [0, 0.1) is 6.92 Å². The fourth-order valence-electron chi connectivity index (χ4n) is 2.86. The molecule has 0 unspecified atom stereocenters. The molecule has 0 spiro atoms. The van der Waals surface area contributed by atoms with Crippen LogP contribution in [0.1, 0.15) is 12.0 Å². The number of nitrogens with one attached hydrogen (secondary N) is 2. The van der Waals surface area contributed by atoms with E-state index in [0.717, 1.165) is 10.2 Å². The molecule has 10 heteroatoms. The van der Waals surface area contributed by atoms with Crippen LogP contribution in [-0.2, 0) is 6.54 Å². The lowest BCUT2D eigenvalue weighted by Crippen LogP contribution is -2.29. The van der Waals surface area contributed by atoms with E-state index in [4.69, 9.17) is 5.73 Å². The van der Waals surface area contributed by atoms with Gasteiger partial charge in [-0.1, -0.05) is 0 Å². The van der Waals surface area contributed by atoms with Gasteiger partial charge in [-0.15, -0.1) is 0 Å². The van der Waals surface area contributed by atoms with Crippen LogP contribution in [-0.4, -0.2) is 51.5 Å². The molecular formula is C15H20F3N7. The van der Waals surface area contributed by atoms with Crippen molar-refractivity contribution >= 4 is 11.8 Å². The molecule has 0 aliphatic carbocycles. The Kier molecular flexibility index (Phi) is 5.07. The Bertz CT molecular complexity index is 734. The molecule has 2 aromatic heterocycles. The molecule has 0 saturated carbocycles. The summed E-state index contributed by atoms with van der Waals surface area (Å²) in [7, 11) is 0. The first-order valence-electron chi connectivity index (χ1n) is 7.98. The van der Waals surface area contributed by atoms with Crippen LogP contribution in [0.2, 0.25) is 0 Å². The largest absolute Gasteiger partial charge is 0.368 e. The molecule has 0 radical (unpaired) electrons. The van der Waals surface area contributed by atoms with Crippen molar-refractivity contribution in [3.63, 3.8) is 0 Å². The predicted molar refractivity (Wildman–Crippen MR) is 88.2 cm³/mol. The smallest absolute Gasteiger partial charge is 0.257 e. The maximum Gasteiger partial charge on any atom is 0.257 e. The molecule has 1 saturated heterocycles. The van der Waals surface area contributed by atoms with Crippen LogP contribution in [0.15, 0.2) is 12.4 Å². The van der Waals surface area contributed by atoms with Crippen molar-refractivity contribution in [2.75, 3.05) is 24.1 Å². The average Bonchev–Trinajstić information content (AvgIpc) is 3.16. The van der Waals surface area contributed by atoms with Crippen LogP contribution >= 0.6 is 0 Å². The van der Waals surface area contributed by atoms with E-state index >= 15 is 0 Å². The van der Waals surface area contributed by atoms with Crippen molar-refractivity contribution in [2.24, 2.45) is 0 Å². The molecule has 7 nitrogen and oxygen atoms in total. The van der Waals surface area contributed by atoms with Crippen molar-refractivity contribution in [3.05, 3.63) is 18.0 Å². The predicted octanol–water partition coefficient (Wildman–Crippen LogP) is 1.61. The van der Waals surface area contributed by atoms with Gasteiger partial charge in [0.15, 0.2) is 0 Å². The van der Waals surface area contributed by atoms with Gasteiger partial charge in [-0.05, 0) is 13.3 Å². The zero-order chi connectivity index (χ0) is 18.0. The Morgan fingerprint density at radius 1 is 1.44 bits per heavy atom. The lowest BCUT2D eigenvalue weighted by atomic mass is 10.1. The third-order valence-corrected chi connectivity index (χ3v) is 4.08. The van der Waals surface area contributed by atoms with Crippen LogP contribution in [0.25, 0.3) is 11.3 Å². The van der Waals surface area contributed by atoms with E-state index in [1.54, 1.807) is 0 Å². The molecule has 1 aliphatic rings. The zero-order valence-corrected chi connectivity index (χ0v) is 13.7. The number of nitrogens with two attached hydrogens (primary N) is 1. The van der Waals surface area contributed by atoms with Gasteiger partial charge in [0.1, 0.15) is 18.5 Å². The first-order chi connectivity index (χ1) is 11.9. The summed E-state index contributed by atoms with van der Waals surface area (Å²) >= 11 is 0. The van der Waals surface area contributed by atoms with E-state index in [2.05, 4.69) is 25.7 Å². The summed E-state index contributed by atoms with van der Waals surface area (Å²) in [6.07, 6.45) is 0.0867. The van der Waals surface area contributed by atoms with E-state index in [1.165, 1.54) is 12.4 Å². The SMILES string of the molecule is Cc1c(NC[C@@H]2C[C@H](F)CN2)nc(N)nc1-c1cnn(CC(F)F)c1. The van der Waals surface area contributed by atoms with Crippen LogP contribution in [0.4, 0.5) is 24.9 Å². The third-order valence-electron chi connectivity index (χ3n) is 4.08. The maximum absolute atomic E-state index is 13.2. The minimum atomic E-state index is -2.49. The lowest BCUT2D eigenvalue weighted by molar-refractivity contribution is 0.122. The molecule has 0 aromatic carbocycles. The number of rotatable bonds is 6.